The van der Waals surface area contributed by atoms with Crippen molar-refractivity contribution in [2.45, 2.75) is 64.7 Å². The molecule has 184 valence electrons. The van der Waals surface area contributed by atoms with Crippen LogP contribution >= 0.6 is 0 Å². The maximum Gasteiger partial charge on any atom is 0.328 e. The summed E-state index contributed by atoms with van der Waals surface area (Å²) in [5, 5.41) is 25.7. The third kappa shape index (κ3) is 9.58. The van der Waals surface area contributed by atoms with Crippen LogP contribution < -0.4 is 21.7 Å². The van der Waals surface area contributed by atoms with Gasteiger partial charge < -0.3 is 31.9 Å². The van der Waals surface area contributed by atoms with Crippen molar-refractivity contribution in [1.29, 1.82) is 0 Å². The summed E-state index contributed by atoms with van der Waals surface area (Å²) >= 11 is 0. The van der Waals surface area contributed by atoms with Gasteiger partial charge in [0.25, 0.3) is 0 Å². The van der Waals surface area contributed by atoms with Crippen molar-refractivity contribution >= 4 is 23.7 Å². The van der Waals surface area contributed by atoms with Crippen molar-refractivity contribution in [3.8, 4) is 0 Å². The molecule has 10 heteroatoms. The van der Waals surface area contributed by atoms with Crippen molar-refractivity contribution in [3.05, 3.63) is 35.9 Å². The second kappa shape index (κ2) is 13.5. The molecule has 0 spiro atoms. The SMILES string of the molecule is CC(C)CC(NC(=O)C(N)Cc1ccccc1)C(=O)NC(C(=O)NC(CO)C(=O)O)C(C)C. The maximum absolute atomic E-state index is 13.0. The number of carbonyl (C=O) groups is 4. The van der Waals surface area contributed by atoms with Crippen LogP contribution in [0, 0.1) is 11.8 Å². The number of carbonyl (C=O) groups excluding carboxylic acids is 3. The first-order valence-electron chi connectivity index (χ1n) is 11.0. The Balaban J connectivity index is 2.89. The van der Waals surface area contributed by atoms with E-state index in [-0.39, 0.29) is 11.8 Å². The average Bonchev–Trinajstić information content (AvgIpc) is 2.74. The fraction of sp³-hybridized carbons (Fsp3) is 0.565. The minimum Gasteiger partial charge on any atom is -0.480 e. The van der Waals surface area contributed by atoms with Crippen LogP contribution in [0.4, 0.5) is 0 Å². The first-order chi connectivity index (χ1) is 15.5. The zero-order chi connectivity index (χ0) is 25.1. The van der Waals surface area contributed by atoms with Gasteiger partial charge in [-0.3, -0.25) is 14.4 Å². The molecule has 3 amide bonds. The molecular weight excluding hydrogens is 428 g/mol. The van der Waals surface area contributed by atoms with Crippen molar-refractivity contribution in [2.24, 2.45) is 17.6 Å². The van der Waals surface area contributed by atoms with E-state index in [0.717, 1.165) is 5.56 Å². The number of nitrogens with two attached hydrogens (primary N) is 1. The molecule has 0 aliphatic rings. The van der Waals surface area contributed by atoms with E-state index >= 15 is 0 Å². The summed E-state index contributed by atoms with van der Waals surface area (Å²) in [5.74, 6) is -3.52. The van der Waals surface area contributed by atoms with Gasteiger partial charge in [-0.15, -0.1) is 0 Å². The summed E-state index contributed by atoms with van der Waals surface area (Å²) in [6.45, 7) is 6.37. The molecule has 33 heavy (non-hydrogen) atoms. The third-order valence-electron chi connectivity index (χ3n) is 5.02. The molecule has 0 aliphatic carbocycles. The Hall–Kier alpha value is -2.98. The second-order valence-electron chi connectivity index (χ2n) is 8.80. The summed E-state index contributed by atoms with van der Waals surface area (Å²) in [7, 11) is 0. The predicted octanol–water partition coefficient (Wildman–Crippen LogP) is -0.210. The highest BCUT2D eigenvalue weighted by atomic mass is 16.4. The van der Waals surface area contributed by atoms with E-state index in [1.165, 1.54) is 0 Å². The van der Waals surface area contributed by atoms with Crippen LogP contribution in [0.5, 0.6) is 0 Å². The van der Waals surface area contributed by atoms with Crippen LogP contribution in [0.1, 0.15) is 39.7 Å². The molecule has 0 aromatic heterocycles. The highest BCUT2D eigenvalue weighted by molar-refractivity contribution is 5.94. The smallest absolute Gasteiger partial charge is 0.328 e. The molecule has 0 saturated heterocycles. The number of nitrogens with one attached hydrogen (secondary N) is 3. The van der Waals surface area contributed by atoms with Crippen molar-refractivity contribution < 1.29 is 29.4 Å². The monoisotopic (exact) mass is 464 g/mol. The van der Waals surface area contributed by atoms with Crippen molar-refractivity contribution in [2.75, 3.05) is 6.61 Å². The van der Waals surface area contributed by atoms with Crippen LogP contribution in [-0.2, 0) is 25.6 Å². The van der Waals surface area contributed by atoms with Gasteiger partial charge in [0.1, 0.15) is 18.1 Å². The lowest BCUT2D eigenvalue weighted by molar-refractivity contribution is -0.143. The molecule has 0 saturated carbocycles. The molecule has 4 unspecified atom stereocenters. The zero-order valence-corrected chi connectivity index (χ0v) is 19.6. The fourth-order valence-electron chi connectivity index (χ4n) is 3.18. The predicted molar refractivity (Wildman–Crippen MR) is 123 cm³/mol. The summed E-state index contributed by atoms with van der Waals surface area (Å²) in [5.41, 5.74) is 6.92. The van der Waals surface area contributed by atoms with Crippen LogP contribution in [0.3, 0.4) is 0 Å². The number of carboxylic acid groups (broad SMARTS) is 1. The van der Waals surface area contributed by atoms with Crippen molar-refractivity contribution in [3.63, 3.8) is 0 Å². The van der Waals surface area contributed by atoms with E-state index in [9.17, 15) is 19.2 Å². The minimum absolute atomic E-state index is 0.0588. The lowest BCUT2D eigenvalue weighted by Gasteiger charge is -2.27. The van der Waals surface area contributed by atoms with Crippen molar-refractivity contribution in [1.82, 2.24) is 16.0 Å². The minimum atomic E-state index is -1.49. The van der Waals surface area contributed by atoms with E-state index in [4.69, 9.17) is 15.9 Å². The largest absolute Gasteiger partial charge is 0.480 e. The van der Waals surface area contributed by atoms with Gasteiger partial charge in [-0.1, -0.05) is 58.0 Å². The van der Waals surface area contributed by atoms with Gasteiger partial charge >= 0.3 is 5.97 Å². The van der Waals surface area contributed by atoms with E-state index in [0.29, 0.717) is 12.8 Å². The quantitative estimate of drug-likeness (QED) is 0.234. The molecule has 10 nitrogen and oxygen atoms in total. The number of rotatable bonds is 13. The van der Waals surface area contributed by atoms with Gasteiger partial charge in [0.15, 0.2) is 0 Å². The van der Waals surface area contributed by atoms with E-state index in [1.54, 1.807) is 13.8 Å². The number of aliphatic carboxylic acids is 1. The molecule has 4 atom stereocenters. The lowest BCUT2D eigenvalue weighted by atomic mass is 9.99. The molecule has 0 radical (unpaired) electrons. The van der Waals surface area contributed by atoms with Gasteiger partial charge in [0.05, 0.1) is 12.6 Å². The standard InChI is InChI=1S/C23H36N4O6/c1-13(2)10-17(25-20(29)16(24)11-15-8-6-5-7-9-15)21(30)27-19(14(3)4)22(31)26-18(12-28)23(32)33/h5-9,13-14,16-19,28H,10-12,24H2,1-4H3,(H,25,29)(H,26,31)(H,27,30)(H,32,33). The molecule has 0 fully saturated rings. The normalized spacial score (nSPS) is 14.8. The van der Waals surface area contributed by atoms with Gasteiger partial charge in [0.2, 0.25) is 17.7 Å². The summed E-state index contributed by atoms with van der Waals surface area (Å²) < 4.78 is 0. The highest BCUT2D eigenvalue weighted by Gasteiger charge is 2.32. The Bertz CT molecular complexity index is 799. The molecule has 0 aliphatic heterocycles. The highest BCUT2D eigenvalue weighted by Crippen LogP contribution is 2.09. The van der Waals surface area contributed by atoms with E-state index < -0.39 is 54.5 Å². The number of hydrogen-bond donors (Lipinski definition) is 6. The summed E-state index contributed by atoms with van der Waals surface area (Å²) in [6.07, 6.45) is 0.619. The average molecular weight is 465 g/mol. The third-order valence-corrected chi connectivity index (χ3v) is 5.02. The topological polar surface area (TPSA) is 171 Å². The number of aliphatic hydroxyl groups excluding tert-OH is 1. The lowest BCUT2D eigenvalue weighted by Crippen LogP contribution is -2.59. The number of aliphatic hydroxyl groups is 1. The molecule has 0 bridgehead atoms. The van der Waals surface area contributed by atoms with Gasteiger partial charge in [-0.05, 0) is 30.2 Å². The Morgan fingerprint density at radius 1 is 0.879 bits per heavy atom. The number of benzene rings is 1. The molecule has 7 N–H and O–H groups in total. The van der Waals surface area contributed by atoms with Gasteiger partial charge in [-0.25, -0.2) is 4.79 Å². The Morgan fingerprint density at radius 3 is 1.94 bits per heavy atom. The first kappa shape index (κ1) is 28.1. The second-order valence-corrected chi connectivity index (χ2v) is 8.80. The molecule has 1 aromatic carbocycles. The summed E-state index contributed by atoms with van der Waals surface area (Å²) in [4.78, 5) is 49.3. The zero-order valence-electron chi connectivity index (χ0n) is 19.6. The van der Waals surface area contributed by atoms with E-state index in [2.05, 4.69) is 16.0 Å². The number of amides is 3. The first-order valence-corrected chi connectivity index (χ1v) is 11.0. The Kier molecular flexibility index (Phi) is 11.5. The Labute approximate surface area is 194 Å². The molecule has 0 heterocycles. The Morgan fingerprint density at radius 2 is 1.45 bits per heavy atom. The van der Waals surface area contributed by atoms with Crippen LogP contribution in [0.2, 0.25) is 0 Å². The molecular formula is C23H36N4O6. The van der Waals surface area contributed by atoms with Gasteiger partial charge in [0, 0.05) is 0 Å². The van der Waals surface area contributed by atoms with Crippen LogP contribution in [0.25, 0.3) is 0 Å². The molecule has 1 aromatic rings. The maximum atomic E-state index is 13.0. The van der Waals surface area contributed by atoms with Crippen LogP contribution in [0.15, 0.2) is 30.3 Å². The summed E-state index contributed by atoms with van der Waals surface area (Å²) in [6, 6.07) is 4.92. The van der Waals surface area contributed by atoms with Gasteiger partial charge in [-0.2, -0.15) is 0 Å². The number of hydrogen-bond acceptors (Lipinski definition) is 6. The fourth-order valence-corrected chi connectivity index (χ4v) is 3.18. The van der Waals surface area contributed by atoms with Crippen LogP contribution in [-0.4, -0.2) is 64.7 Å². The van der Waals surface area contributed by atoms with E-state index in [1.807, 2.05) is 44.2 Å². The number of carboxylic acids is 1. The molecule has 1 rings (SSSR count).